The summed E-state index contributed by atoms with van der Waals surface area (Å²) in [4.78, 5) is -0.143. The van der Waals surface area contributed by atoms with E-state index in [0.29, 0.717) is 6.42 Å². The number of anilines is 1. The van der Waals surface area contributed by atoms with Crippen molar-refractivity contribution in [2.24, 2.45) is 0 Å². The molecule has 0 aromatic heterocycles. The zero-order valence-electron chi connectivity index (χ0n) is 9.57. The van der Waals surface area contributed by atoms with E-state index >= 15 is 0 Å². The molecule has 1 aromatic carbocycles. The standard InChI is InChI=1S/C11H12BrFN2O2S/c1-3-7(4-2)15-18(16,17)11-6-10(14)9(13)5-8(11)12/h1,5-7,15H,4,14H2,2H3. The maximum atomic E-state index is 13.1. The van der Waals surface area contributed by atoms with Crippen molar-refractivity contribution in [3.05, 3.63) is 22.4 Å². The van der Waals surface area contributed by atoms with Gasteiger partial charge in [-0.05, 0) is 34.5 Å². The molecule has 98 valence electrons. The molecule has 7 heteroatoms. The monoisotopic (exact) mass is 334 g/mol. The van der Waals surface area contributed by atoms with Crippen LogP contribution in [0.5, 0.6) is 0 Å². The minimum Gasteiger partial charge on any atom is -0.396 e. The Bertz CT molecular complexity index is 596. The molecule has 3 N–H and O–H groups in total. The largest absolute Gasteiger partial charge is 0.396 e. The minimum absolute atomic E-state index is 0.0913. The number of nitrogen functional groups attached to an aromatic ring is 1. The zero-order chi connectivity index (χ0) is 13.9. The van der Waals surface area contributed by atoms with Gasteiger partial charge < -0.3 is 5.73 Å². The fourth-order valence-corrected chi connectivity index (χ4v) is 3.53. The molecule has 0 saturated carbocycles. The Kier molecular flexibility index (Phi) is 4.73. The number of nitrogens with one attached hydrogen (secondary N) is 1. The first-order valence-electron chi connectivity index (χ1n) is 5.04. The molecule has 0 aliphatic rings. The molecule has 4 nitrogen and oxygen atoms in total. The maximum Gasteiger partial charge on any atom is 0.242 e. The van der Waals surface area contributed by atoms with Crippen LogP contribution in [0.4, 0.5) is 10.1 Å². The van der Waals surface area contributed by atoms with Crippen molar-refractivity contribution in [1.29, 1.82) is 0 Å². The molecule has 1 unspecified atom stereocenters. The summed E-state index contributed by atoms with van der Waals surface area (Å²) in [5, 5.41) is 0. The summed E-state index contributed by atoms with van der Waals surface area (Å²) in [5.41, 5.74) is 5.11. The van der Waals surface area contributed by atoms with E-state index in [1.54, 1.807) is 6.92 Å². The summed E-state index contributed by atoms with van der Waals surface area (Å²) in [5.74, 6) is 1.62. The van der Waals surface area contributed by atoms with Gasteiger partial charge in [-0.2, -0.15) is 4.72 Å². The number of nitrogens with two attached hydrogens (primary N) is 1. The number of hydrogen-bond donors (Lipinski definition) is 2. The molecule has 1 atom stereocenters. The third-order valence-electron chi connectivity index (χ3n) is 2.25. The summed E-state index contributed by atoms with van der Waals surface area (Å²) >= 11 is 2.98. The van der Waals surface area contributed by atoms with E-state index in [1.165, 1.54) is 0 Å². The number of benzene rings is 1. The second kappa shape index (κ2) is 5.69. The van der Waals surface area contributed by atoms with Gasteiger partial charge in [0.2, 0.25) is 10.0 Å². The fourth-order valence-electron chi connectivity index (χ4n) is 1.24. The molecule has 0 saturated heterocycles. The van der Waals surface area contributed by atoms with Crippen LogP contribution >= 0.6 is 15.9 Å². The average molecular weight is 335 g/mol. The highest BCUT2D eigenvalue weighted by Crippen LogP contribution is 2.26. The van der Waals surface area contributed by atoms with Gasteiger partial charge in [-0.3, -0.25) is 0 Å². The Hall–Kier alpha value is -1.10. The summed E-state index contributed by atoms with van der Waals surface area (Å²) < 4.78 is 39.6. The van der Waals surface area contributed by atoms with E-state index in [-0.39, 0.29) is 15.1 Å². The smallest absolute Gasteiger partial charge is 0.242 e. The lowest BCUT2D eigenvalue weighted by Crippen LogP contribution is -2.33. The zero-order valence-corrected chi connectivity index (χ0v) is 12.0. The highest BCUT2D eigenvalue weighted by atomic mass is 79.9. The van der Waals surface area contributed by atoms with Crippen molar-refractivity contribution < 1.29 is 12.8 Å². The highest BCUT2D eigenvalue weighted by Gasteiger charge is 2.22. The lowest BCUT2D eigenvalue weighted by molar-refractivity contribution is 0.569. The first kappa shape index (κ1) is 15.0. The maximum absolute atomic E-state index is 13.1. The van der Waals surface area contributed by atoms with E-state index in [9.17, 15) is 12.8 Å². The normalized spacial score (nSPS) is 13.0. The van der Waals surface area contributed by atoms with E-state index < -0.39 is 21.9 Å². The second-order valence-electron chi connectivity index (χ2n) is 3.55. The SMILES string of the molecule is C#CC(CC)NS(=O)(=O)c1cc(N)c(F)cc1Br. The predicted octanol–water partition coefficient (Wildman–Crippen LogP) is 1.86. The number of sulfonamides is 1. The molecular formula is C11H12BrFN2O2S. The summed E-state index contributed by atoms with van der Waals surface area (Å²) in [6, 6.07) is 1.43. The Morgan fingerprint density at radius 1 is 1.61 bits per heavy atom. The van der Waals surface area contributed by atoms with Crippen molar-refractivity contribution in [1.82, 2.24) is 4.72 Å². The molecule has 0 heterocycles. The van der Waals surface area contributed by atoms with E-state index in [1.807, 2.05) is 0 Å². The van der Waals surface area contributed by atoms with E-state index in [4.69, 9.17) is 12.2 Å². The van der Waals surface area contributed by atoms with Gasteiger partial charge in [0.1, 0.15) is 5.82 Å². The van der Waals surface area contributed by atoms with Crippen LogP contribution in [0.2, 0.25) is 0 Å². The predicted molar refractivity (Wildman–Crippen MR) is 71.7 cm³/mol. The van der Waals surface area contributed by atoms with Gasteiger partial charge in [-0.25, -0.2) is 12.8 Å². The third kappa shape index (κ3) is 3.22. The average Bonchev–Trinajstić information content (AvgIpc) is 2.30. The Labute approximate surface area is 114 Å². The van der Waals surface area contributed by atoms with Crippen molar-refractivity contribution >= 4 is 31.6 Å². The first-order chi connectivity index (χ1) is 8.31. The molecule has 0 aliphatic heterocycles. The molecule has 0 fully saturated rings. The number of rotatable bonds is 4. The molecule has 18 heavy (non-hydrogen) atoms. The lowest BCUT2D eigenvalue weighted by Gasteiger charge is -2.13. The van der Waals surface area contributed by atoms with Crippen LogP contribution in [0.1, 0.15) is 13.3 Å². The van der Waals surface area contributed by atoms with E-state index in [2.05, 4.69) is 26.6 Å². The van der Waals surface area contributed by atoms with Gasteiger partial charge in [0, 0.05) is 4.47 Å². The van der Waals surface area contributed by atoms with Gasteiger partial charge >= 0.3 is 0 Å². The topological polar surface area (TPSA) is 72.2 Å². The van der Waals surface area contributed by atoms with Crippen LogP contribution in [-0.4, -0.2) is 14.5 Å². The van der Waals surface area contributed by atoms with Crippen LogP contribution in [0.15, 0.2) is 21.5 Å². The van der Waals surface area contributed by atoms with Gasteiger partial charge in [0.05, 0.1) is 16.6 Å². The van der Waals surface area contributed by atoms with Crippen molar-refractivity contribution in [2.75, 3.05) is 5.73 Å². The molecule has 0 radical (unpaired) electrons. The van der Waals surface area contributed by atoms with Crippen LogP contribution in [0.25, 0.3) is 0 Å². The lowest BCUT2D eigenvalue weighted by atomic mass is 10.3. The molecule has 0 bridgehead atoms. The van der Waals surface area contributed by atoms with Crippen molar-refractivity contribution in [3.63, 3.8) is 0 Å². The van der Waals surface area contributed by atoms with Crippen LogP contribution in [-0.2, 0) is 10.0 Å². The molecular weight excluding hydrogens is 323 g/mol. The quantitative estimate of drug-likeness (QED) is 0.652. The first-order valence-corrected chi connectivity index (χ1v) is 7.32. The van der Waals surface area contributed by atoms with Crippen molar-refractivity contribution in [3.8, 4) is 12.3 Å². The molecule has 0 amide bonds. The molecule has 1 aromatic rings. The number of terminal acetylenes is 1. The summed E-state index contributed by atoms with van der Waals surface area (Å²) in [7, 11) is -3.84. The minimum atomic E-state index is -3.84. The summed E-state index contributed by atoms with van der Waals surface area (Å²) in [6.45, 7) is 1.75. The number of halogens is 2. The van der Waals surface area contributed by atoms with Gasteiger partial charge in [0.15, 0.2) is 0 Å². The highest BCUT2D eigenvalue weighted by molar-refractivity contribution is 9.10. The molecule has 0 spiro atoms. The Morgan fingerprint density at radius 2 is 2.22 bits per heavy atom. The summed E-state index contributed by atoms with van der Waals surface area (Å²) in [6.07, 6.45) is 5.64. The fraction of sp³-hybridized carbons (Fsp3) is 0.273. The van der Waals surface area contributed by atoms with E-state index in [0.717, 1.165) is 12.1 Å². The van der Waals surface area contributed by atoms with Crippen LogP contribution < -0.4 is 10.5 Å². The second-order valence-corrected chi connectivity index (χ2v) is 6.09. The van der Waals surface area contributed by atoms with Gasteiger partial charge in [0.25, 0.3) is 0 Å². The number of hydrogen-bond acceptors (Lipinski definition) is 3. The van der Waals surface area contributed by atoms with Gasteiger partial charge in [-0.1, -0.05) is 12.8 Å². The molecule has 1 rings (SSSR count). The Balaban J connectivity index is 3.22. The van der Waals surface area contributed by atoms with Crippen molar-refractivity contribution in [2.45, 2.75) is 24.3 Å². The third-order valence-corrected chi connectivity index (χ3v) is 4.68. The van der Waals surface area contributed by atoms with Crippen LogP contribution in [0, 0.1) is 18.2 Å². The molecule has 0 aliphatic carbocycles. The van der Waals surface area contributed by atoms with Crippen LogP contribution in [0.3, 0.4) is 0 Å². The van der Waals surface area contributed by atoms with Gasteiger partial charge in [-0.15, -0.1) is 6.42 Å². The Morgan fingerprint density at radius 3 is 2.72 bits per heavy atom.